The van der Waals surface area contributed by atoms with Crippen LogP contribution in [-0.2, 0) is 4.74 Å². The van der Waals surface area contributed by atoms with E-state index in [2.05, 4.69) is 20.3 Å². The van der Waals surface area contributed by atoms with Crippen molar-refractivity contribution in [3.05, 3.63) is 18.2 Å². The standard InChI is InChI=1S/C11H13N5O2/c1-2-17-11-15-9(6-12)14-10(16-11)13-7-8-4-3-5-18-8/h3,5,8H,2,4,7H2,1H3,(H,13,14,15,16). The van der Waals surface area contributed by atoms with Crippen LogP contribution in [0.5, 0.6) is 6.01 Å². The minimum absolute atomic E-state index is 0.0291. The van der Waals surface area contributed by atoms with Gasteiger partial charge in [-0.2, -0.15) is 20.2 Å². The van der Waals surface area contributed by atoms with Gasteiger partial charge in [-0.15, -0.1) is 0 Å². The van der Waals surface area contributed by atoms with E-state index in [4.69, 9.17) is 14.7 Å². The van der Waals surface area contributed by atoms with Crippen LogP contribution in [0.15, 0.2) is 12.3 Å². The van der Waals surface area contributed by atoms with Gasteiger partial charge in [0.05, 0.1) is 19.4 Å². The maximum Gasteiger partial charge on any atom is 0.322 e. The fourth-order valence-corrected chi connectivity index (χ4v) is 1.45. The van der Waals surface area contributed by atoms with Gasteiger partial charge >= 0.3 is 6.01 Å². The molecule has 2 heterocycles. The van der Waals surface area contributed by atoms with Crippen LogP contribution in [0.2, 0.25) is 0 Å². The molecule has 1 aromatic rings. The molecule has 7 heteroatoms. The highest BCUT2D eigenvalue weighted by Crippen LogP contribution is 2.11. The summed E-state index contributed by atoms with van der Waals surface area (Å²) in [6.07, 6.45) is 4.54. The van der Waals surface area contributed by atoms with Crippen molar-refractivity contribution in [2.75, 3.05) is 18.5 Å². The zero-order valence-electron chi connectivity index (χ0n) is 9.96. The Kier molecular flexibility index (Phi) is 3.91. The second kappa shape index (κ2) is 5.82. The first-order chi connectivity index (χ1) is 8.81. The predicted molar refractivity (Wildman–Crippen MR) is 62.8 cm³/mol. The second-order valence-electron chi connectivity index (χ2n) is 3.56. The summed E-state index contributed by atoms with van der Waals surface area (Å²) in [5, 5.41) is 11.8. The lowest BCUT2D eigenvalue weighted by atomic mass is 10.3. The summed E-state index contributed by atoms with van der Waals surface area (Å²) >= 11 is 0. The summed E-state index contributed by atoms with van der Waals surface area (Å²) < 4.78 is 10.5. The fraction of sp³-hybridized carbons (Fsp3) is 0.455. The minimum atomic E-state index is 0.0291. The molecule has 94 valence electrons. The highest BCUT2D eigenvalue weighted by Gasteiger charge is 2.13. The van der Waals surface area contributed by atoms with E-state index < -0.39 is 0 Å². The van der Waals surface area contributed by atoms with Crippen LogP contribution in [0.3, 0.4) is 0 Å². The van der Waals surface area contributed by atoms with Crippen molar-refractivity contribution in [1.82, 2.24) is 15.0 Å². The van der Waals surface area contributed by atoms with E-state index in [0.717, 1.165) is 6.42 Å². The summed E-state index contributed by atoms with van der Waals surface area (Å²) in [6.45, 7) is 2.82. The van der Waals surface area contributed by atoms with Crippen molar-refractivity contribution >= 4 is 5.95 Å². The Morgan fingerprint density at radius 3 is 3.11 bits per heavy atom. The zero-order chi connectivity index (χ0) is 12.8. The molecule has 1 aliphatic rings. The van der Waals surface area contributed by atoms with E-state index in [1.54, 1.807) is 6.26 Å². The molecule has 1 atom stereocenters. The van der Waals surface area contributed by atoms with E-state index in [1.807, 2.05) is 19.1 Å². The average molecular weight is 247 g/mol. The van der Waals surface area contributed by atoms with E-state index in [0.29, 0.717) is 19.1 Å². The quantitative estimate of drug-likeness (QED) is 0.824. The van der Waals surface area contributed by atoms with Crippen LogP contribution >= 0.6 is 0 Å². The average Bonchev–Trinajstić information content (AvgIpc) is 2.89. The molecular weight excluding hydrogens is 234 g/mol. The van der Waals surface area contributed by atoms with Crippen LogP contribution in [0.4, 0.5) is 5.95 Å². The van der Waals surface area contributed by atoms with Crippen molar-refractivity contribution in [1.29, 1.82) is 5.26 Å². The van der Waals surface area contributed by atoms with Gasteiger partial charge in [0.25, 0.3) is 0 Å². The zero-order valence-corrected chi connectivity index (χ0v) is 9.96. The van der Waals surface area contributed by atoms with Gasteiger partial charge in [0.1, 0.15) is 12.2 Å². The molecule has 0 radical (unpaired) electrons. The van der Waals surface area contributed by atoms with E-state index in [1.165, 1.54) is 0 Å². The number of rotatable bonds is 5. The van der Waals surface area contributed by atoms with Crippen molar-refractivity contribution < 1.29 is 9.47 Å². The molecule has 0 saturated carbocycles. The molecule has 18 heavy (non-hydrogen) atoms. The van der Waals surface area contributed by atoms with Crippen LogP contribution < -0.4 is 10.1 Å². The van der Waals surface area contributed by atoms with Gasteiger partial charge in [0.15, 0.2) is 0 Å². The monoisotopic (exact) mass is 247 g/mol. The van der Waals surface area contributed by atoms with Crippen molar-refractivity contribution in [2.24, 2.45) is 0 Å². The summed E-state index contributed by atoms with van der Waals surface area (Å²) in [6, 6.07) is 2.02. The Labute approximate surface area is 104 Å². The van der Waals surface area contributed by atoms with Crippen molar-refractivity contribution in [2.45, 2.75) is 19.4 Å². The molecule has 1 aliphatic heterocycles. The lowest BCUT2D eigenvalue weighted by molar-refractivity contribution is 0.182. The maximum atomic E-state index is 8.81. The highest BCUT2D eigenvalue weighted by molar-refractivity contribution is 5.29. The lowest BCUT2D eigenvalue weighted by Gasteiger charge is -2.11. The predicted octanol–water partition coefficient (Wildman–Crippen LogP) is 0.856. The Hall–Kier alpha value is -2.36. The Morgan fingerprint density at radius 1 is 1.56 bits per heavy atom. The maximum absolute atomic E-state index is 8.81. The lowest BCUT2D eigenvalue weighted by Crippen LogP contribution is -2.20. The molecule has 1 aromatic heterocycles. The number of aromatic nitrogens is 3. The summed E-state index contributed by atoms with van der Waals surface area (Å²) in [5.74, 6) is 0.349. The first-order valence-corrected chi connectivity index (χ1v) is 5.65. The molecule has 0 bridgehead atoms. The minimum Gasteiger partial charge on any atom is -0.496 e. The van der Waals surface area contributed by atoms with E-state index in [-0.39, 0.29) is 17.9 Å². The number of hydrogen-bond donors (Lipinski definition) is 1. The smallest absolute Gasteiger partial charge is 0.322 e. The molecule has 0 spiro atoms. The summed E-state index contributed by atoms with van der Waals surface area (Å²) in [4.78, 5) is 11.8. The molecule has 0 fully saturated rings. The molecule has 1 unspecified atom stereocenters. The van der Waals surface area contributed by atoms with Gasteiger partial charge in [-0.25, -0.2) is 0 Å². The Balaban J connectivity index is 2.01. The van der Waals surface area contributed by atoms with Crippen LogP contribution in [0, 0.1) is 11.3 Å². The third kappa shape index (κ3) is 3.07. The van der Waals surface area contributed by atoms with Gasteiger partial charge in [0, 0.05) is 6.42 Å². The van der Waals surface area contributed by atoms with Gasteiger partial charge in [-0.1, -0.05) is 0 Å². The van der Waals surface area contributed by atoms with E-state index in [9.17, 15) is 0 Å². The topological polar surface area (TPSA) is 93.0 Å². The number of nitriles is 1. The molecule has 7 nitrogen and oxygen atoms in total. The van der Waals surface area contributed by atoms with E-state index >= 15 is 0 Å². The third-order valence-electron chi connectivity index (χ3n) is 2.24. The number of ether oxygens (including phenoxy) is 2. The number of nitrogens with zero attached hydrogens (tertiary/aromatic N) is 4. The third-order valence-corrected chi connectivity index (χ3v) is 2.24. The first-order valence-electron chi connectivity index (χ1n) is 5.65. The molecule has 2 rings (SSSR count). The molecule has 0 aliphatic carbocycles. The fourth-order valence-electron chi connectivity index (χ4n) is 1.45. The Bertz CT molecular complexity index is 475. The molecule has 0 aromatic carbocycles. The first kappa shape index (κ1) is 12.1. The normalized spacial score (nSPS) is 17.0. The van der Waals surface area contributed by atoms with Gasteiger partial charge in [-0.05, 0) is 13.0 Å². The van der Waals surface area contributed by atoms with Crippen LogP contribution in [0.25, 0.3) is 0 Å². The molecule has 0 amide bonds. The number of anilines is 1. The van der Waals surface area contributed by atoms with Crippen LogP contribution in [-0.4, -0.2) is 34.2 Å². The number of nitrogens with one attached hydrogen (secondary N) is 1. The van der Waals surface area contributed by atoms with Crippen LogP contribution in [0.1, 0.15) is 19.2 Å². The highest BCUT2D eigenvalue weighted by atomic mass is 16.5. The van der Waals surface area contributed by atoms with Gasteiger partial charge in [0.2, 0.25) is 11.8 Å². The number of hydrogen-bond acceptors (Lipinski definition) is 7. The largest absolute Gasteiger partial charge is 0.496 e. The second-order valence-corrected chi connectivity index (χ2v) is 3.56. The molecule has 1 N–H and O–H groups in total. The van der Waals surface area contributed by atoms with Gasteiger partial charge in [-0.3, -0.25) is 0 Å². The summed E-state index contributed by atoms with van der Waals surface area (Å²) in [5.41, 5.74) is 0. The molecular formula is C11H13N5O2. The molecule has 0 saturated heterocycles. The SMILES string of the molecule is CCOc1nc(C#N)nc(NCC2CC=CO2)n1. The van der Waals surface area contributed by atoms with Crippen molar-refractivity contribution in [3.8, 4) is 12.1 Å². The van der Waals surface area contributed by atoms with Crippen molar-refractivity contribution in [3.63, 3.8) is 0 Å². The van der Waals surface area contributed by atoms with Gasteiger partial charge < -0.3 is 14.8 Å². The Morgan fingerprint density at radius 2 is 2.44 bits per heavy atom. The summed E-state index contributed by atoms with van der Waals surface area (Å²) in [7, 11) is 0.